The summed E-state index contributed by atoms with van der Waals surface area (Å²) in [5.74, 6) is 0. The van der Waals surface area contributed by atoms with Crippen LogP contribution in [0.25, 0.3) is 184 Å². The lowest BCUT2D eigenvalue weighted by atomic mass is 9.80. The highest BCUT2D eigenvalue weighted by Gasteiger charge is 2.42. The molecule has 482 valence electrons. The van der Waals surface area contributed by atoms with Gasteiger partial charge in [0.15, 0.2) is 0 Å². The van der Waals surface area contributed by atoms with Crippen LogP contribution in [0.2, 0.25) is 0 Å². The zero-order valence-corrected chi connectivity index (χ0v) is 58.3. The van der Waals surface area contributed by atoms with E-state index in [2.05, 4.69) is 295 Å². The van der Waals surface area contributed by atoms with E-state index in [1.165, 1.54) is 48.0 Å². The first-order valence-electron chi connectivity index (χ1n) is 35.0. The van der Waals surface area contributed by atoms with Gasteiger partial charge in [-0.15, -0.1) is 22.7 Å². The van der Waals surface area contributed by atoms with Crippen LogP contribution in [-0.4, -0.2) is 18.3 Å². The van der Waals surface area contributed by atoms with Crippen LogP contribution >= 0.6 is 22.7 Å². The molecule has 20 aromatic rings. The van der Waals surface area contributed by atoms with Gasteiger partial charge in [0.1, 0.15) is 24.3 Å². The molecular formula is C94H54N8S2. The van der Waals surface area contributed by atoms with Gasteiger partial charge in [0, 0.05) is 94.3 Å². The number of para-hydroxylation sites is 4. The first-order valence-corrected chi connectivity index (χ1v) is 36.7. The van der Waals surface area contributed by atoms with E-state index in [1.54, 1.807) is 22.7 Å². The number of rotatable bonds is 5. The summed E-state index contributed by atoms with van der Waals surface area (Å²) in [6.45, 7) is 9.27. The third kappa shape index (κ3) is 7.39. The Balaban J connectivity index is 0.729. The van der Waals surface area contributed by atoms with Crippen LogP contribution in [0.15, 0.2) is 255 Å². The highest BCUT2D eigenvalue weighted by molar-refractivity contribution is 7.27. The molecule has 0 spiro atoms. The summed E-state index contributed by atoms with van der Waals surface area (Å²) in [7, 11) is 0. The van der Waals surface area contributed by atoms with E-state index in [0.29, 0.717) is 45.0 Å². The first kappa shape index (κ1) is 58.5. The van der Waals surface area contributed by atoms with Crippen LogP contribution in [-0.2, 0) is 10.8 Å². The summed E-state index contributed by atoms with van der Waals surface area (Å²) in [6.07, 6.45) is 0. The number of aromatic nitrogens is 4. The van der Waals surface area contributed by atoms with Gasteiger partial charge >= 0.3 is 0 Å². The SMILES string of the molecule is CC1(C)c2ccccc2-c2ccc3c4ccccc4n(-c4cc(C#N)c(-n5c6ccccc6c6cc(-c7ccc8c(c7)sc7c8ccc8c7c7ccccc7n8-c7cc(C#N)c(-n8c9ccccc9c9c%10sc%11ccccc%11c%10ccc98)cc7C#N)c7c(c65)C(C)(C)c5ccccc5-7)cc4C#N)c3c21. The predicted octanol–water partition coefficient (Wildman–Crippen LogP) is 24.6. The molecule has 0 unspecified atom stereocenters. The maximum absolute atomic E-state index is 11.8. The van der Waals surface area contributed by atoms with Crippen molar-refractivity contribution in [2.45, 2.75) is 38.5 Å². The Labute approximate surface area is 603 Å². The third-order valence-electron chi connectivity index (χ3n) is 23.2. The van der Waals surface area contributed by atoms with Crippen molar-refractivity contribution in [3.63, 3.8) is 0 Å². The number of hydrogen-bond donors (Lipinski definition) is 0. The lowest BCUT2D eigenvalue weighted by molar-refractivity contribution is 0.663. The Hall–Kier alpha value is -13.3. The van der Waals surface area contributed by atoms with E-state index in [9.17, 15) is 21.0 Å². The molecule has 10 heteroatoms. The monoisotopic (exact) mass is 1360 g/mol. The fourth-order valence-corrected chi connectivity index (χ4v) is 21.5. The van der Waals surface area contributed by atoms with E-state index in [4.69, 9.17) is 0 Å². The number of hydrogen-bond acceptors (Lipinski definition) is 6. The average Bonchev–Trinajstić information content (AvgIpc) is 1.55. The molecule has 22 rings (SSSR count). The third-order valence-corrected chi connectivity index (χ3v) is 25.6. The molecule has 104 heavy (non-hydrogen) atoms. The van der Waals surface area contributed by atoms with Gasteiger partial charge in [0.05, 0.1) is 89.1 Å². The van der Waals surface area contributed by atoms with Gasteiger partial charge in [-0.05, 0) is 134 Å². The Bertz CT molecular complexity index is 7610. The van der Waals surface area contributed by atoms with Crippen LogP contribution in [0.4, 0.5) is 0 Å². The van der Waals surface area contributed by atoms with E-state index >= 15 is 0 Å². The average molecular weight is 1360 g/mol. The second kappa shape index (κ2) is 20.7. The van der Waals surface area contributed by atoms with Crippen molar-refractivity contribution < 1.29 is 0 Å². The summed E-state index contributed by atoms with van der Waals surface area (Å²) in [5, 5.41) is 59.6. The zero-order chi connectivity index (χ0) is 69.5. The van der Waals surface area contributed by atoms with Crippen molar-refractivity contribution in [1.82, 2.24) is 18.3 Å². The lowest BCUT2D eigenvalue weighted by Crippen LogP contribution is -2.17. The molecule has 0 amide bonds. The normalized spacial score (nSPS) is 13.5. The molecule has 6 heterocycles. The fraction of sp³-hybridized carbons (Fsp3) is 0.0638. The van der Waals surface area contributed by atoms with Gasteiger partial charge in [-0.2, -0.15) is 21.0 Å². The van der Waals surface area contributed by atoms with Gasteiger partial charge in [-0.1, -0.05) is 204 Å². The summed E-state index contributed by atoms with van der Waals surface area (Å²) in [6, 6.07) is 101. The molecule has 8 nitrogen and oxygen atoms in total. The molecule has 2 aliphatic carbocycles. The van der Waals surface area contributed by atoms with E-state index in [0.717, 1.165) is 135 Å². The van der Waals surface area contributed by atoms with Gasteiger partial charge in [-0.25, -0.2) is 0 Å². The van der Waals surface area contributed by atoms with Crippen molar-refractivity contribution in [2.24, 2.45) is 0 Å². The van der Waals surface area contributed by atoms with Crippen LogP contribution in [0.1, 0.15) is 72.2 Å². The van der Waals surface area contributed by atoms with Crippen LogP contribution in [0.3, 0.4) is 0 Å². The second-order valence-electron chi connectivity index (χ2n) is 29.0. The Morgan fingerprint density at radius 1 is 0.288 bits per heavy atom. The number of nitriles is 4. The molecule has 0 saturated carbocycles. The molecule has 2 aliphatic rings. The number of thiophene rings is 2. The first-order chi connectivity index (χ1) is 51.0. The van der Waals surface area contributed by atoms with Crippen LogP contribution in [0, 0.1) is 45.3 Å². The van der Waals surface area contributed by atoms with Crippen molar-refractivity contribution in [3.8, 4) is 80.4 Å². The summed E-state index contributed by atoms with van der Waals surface area (Å²) in [5.41, 5.74) is 23.2. The maximum atomic E-state index is 11.8. The Kier molecular flexibility index (Phi) is 11.6. The quantitative estimate of drug-likeness (QED) is 0.171. The van der Waals surface area contributed by atoms with Crippen molar-refractivity contribution in [1.29, 1.82) is 21.0 Å². The molecule has 0 aliphatic heterocycles. The predicted molar refractivity (Wildman–Crippen MR) is 429 cm³/mol. The summed E-state index contributed by atoms with van der Waals surface area (Å²) in [4.78, 5) is 0. The molecule has 14 aromatic carbocycles. The minimum Gasteiger partial charge on any atom is -0.308 e. The topological polar surface area (TPSA) is 115 Å². The van der Waals surface area contributed by atoms with Gasteiger partial charge in [-0.3, -0.25) is 0 Å². The number of fused-ring (bicyclic) bond motifs is 28. The molecule has 0 N–H and O–H groups in total. The Morgan fingerprint density at radius 3 is 1.25 bits per heavy atom. The summed E-state index contributed by atoms with van der Waals surface area (Å²) >= 11 is 3.58. The number of nitrogens with zero attached hydrogens (tertiary/aromatic N) is 8. The van der Waals surface area contributed by atoms with Crippen LogP contribution < -0.4 is 0 Å². The molecule has 0 radical (unpaired) electrons. The van der Waals surface area contributed by atoms with Crippen molar-refractivity contribution >= 4 is 150 Å². The van der Waals surface area contributed by atoms with E-state index in [-0.39, 0.29) is 5.41 Å². The van der Waals surface area contributed by atoms with Crippen LogP contribution in [0.5, 0.6) is 0 Å². The molecule has 0 bridgehead atoms. The van der Waals surface area contributed by atoms with Gasteiger partial charge in [0.25, 0.3) is 0 Å². The zero-order valence-electron chi connectivity index (χ0n) is 56.6. The minimum atomic E-state index is -0.510. The highest BCUT2D eigenvalue weighted by atomic mass is 32.1. The van der Waals surface area contributed by atoms with Gasteiger partial charge < -0.3 is 18.3 Å². The molecule has 6 aromatic heterocycles. The standard InChI is InChI=1S/C94H54N8S2/c1-93(2)70-26-12-5-19-56(70)61-35-36-62-57-20-7-14-28-72(57)101(89(62)87(61)93)80-43-55(50-98)81(44-54(80)49-97)102-73-29-15-8-21-58(73)69-46-68(84-65-23-6-13-27-71(65)94(3,4)88(84)90(69)102)51-33-34-60-64-38-40-77-86(92(64)104-83(60)45-51)67-25-10-17-31-75(67)100(77)79-42-52(47-95)78(41-53(79)48-96)99-74-30-16-9-24-66(74)85-76(99)39-37-63-59-22-11-18-32-82(59)103-91(63)85/h5-46H,1-4H3. The highest BCUT2D eigenvalue weighted by Crippen LogP contribution is 2.59. The number of benzene rings is 14. The molecule has 0 atom stereocenters. The van der Waals surface area contributed by atoms with Crippen molar-refractivity contribution in [2.75, 3.05) is 0 Å². The lowest BCUT2D eigenvalue weighted by Gasteiger charge is -2.25. The van der Waals surface area contributed by atoms with Crippen molar-refractivity contribution in [3.05, 3.63) is 299 Å². The molecular weight excluding hydrogens is 1310 g/mol. The summed E-state index contributed by atoms with van der Waals surface area (Å²) < 4.78 is 13.6. The van der Waals surface area contributed by atoms with Gasteiger partial charge in [0.2, 0.25) is 0 Å². The molecule has 0 fully saturated rings. The largest absolute Gasteiger partial charge is 0.308 e. The Morgan fingerprint density at radius 2 is 0.692 bits per heavy atom. The van der Waals surface area contributed by atoms with E-state index in [1.807, 2.05) is 30.3 Å². The smallest absolute Gasteiger partial charge is 0.101 e. The fourth-order valence-electron chi connectivity index (χ4n) is 18.9. The van der Waals surface area contributed by atoms with E-state index < -0.39 is 5.41 Å². The molecule has 0 saturated heterocycles. The second-order valence-corrected chi connectivity index (χ2v) is 31.1. The minimum absolute atomic E-state index is 0.354. The maximum Gasteiger partial charge on any atom is 0.101 e.